The number of hydrogen-bond donors (Lipinski definition) is 1. The van der Waals surface area contributed by atoms with Gasteiger partial charge in [-0.15, -0.1) is 11.3 Å². The Hall–Kier alpha value is -0.770. The Morgan fingerprint density at radius 1 is 1.47 bits per heavy atom. The van der Waals surface area contributed by atoms with Gasteiger partial charge in [0, 0.05) is 13.0 Å². The molecule has 2 aromatic heterocycles. The number of hydrogen-bond acceptors (Lipinski definition) is 6. The second-order valence-electron chi connectivity index (χ2n) is 3.91. The monoisotopic (exact) mass is 365 g/mol. The zero-order chi connectivity index (χ0) is 14.0. The number of nitrogens with one attached hydrogen (secondary N) is 1. The molecular formula is C10H12BrN3O3S2. The minimum atomic E-state index is -3.48. The number of rotatable bonds is 5. The molecule has 0 spiro atoms. The van der Waals surface area contributed by atoms with Gasteiger partial charge in [0.1, 0.15) is 4.21 Å². The van der Waals surface area contributed by atoms with Crippen molar-refractivity contribution in [3.63, 3.8) is 0 Å². The summed E-state index contributed by atoms with van der Waals surface area (Å²) in [6.45, 7) is 3.78. The number of thiophene rings is 1. The van der Waals surface area contributed by atoms with E-state index in [0.717, 1.165) is 9.35 Å². The fraction of sp³-hybridized carbons (Fsp3) is 0.400. The Kier molecular flexibility index (Phi) is 4.39. The van der Waals surface area contributed by atoms with Crippen LogP contribution in [0.2, 0.25) is 0 Å². The lowest BCUT2D eigenvalue weighted by molar-refractivity contribution is 0.375. The predicted octanol–water partition coefficient (Wildman–Crippen LogP) is 2.03. The van der Waals surface area contributed by atoms with Gasteiger partial charge in [-0.2, -0.15) is 4.98 Å². The van der Waals surface area contributed by atoms with Gasteiger partial charge in [-0.1, -0.05) is 5.16 Å². The van der Waals surface area contributed by atoms with E-state index in [1.54, 1.807) is 13.0 Å². The molecule has 104 valence electrons. The first-order valence-corrected chi connectivity index (χ1v) is 8.52. The van der Waals surface area contributed by atoms with Crippen LogP contribution < -0.4 is 4.72 Å². The fourth-order valence-corrected chi connectivity index (χ4v) is 4.67. The van der Waals surface area contributed by atoms with Crippen LogP contribution in [0.25, 0.3) is 0 Å². The summed E-state index contributed by atoms with van der Waals surface area (Å²) in [5.41, 5.74) is 0.901. The first kappa shape index (κ1) is 14.6. The summed E-state index contributed by atoms with van der Waals surface area (Å²) in [5.74, 6) is 0.958. The van der Waals surface area contributed by atoms with Crippen LogP contribution in [0.1, 0.15) is 17.3 Å². The summed E-state index contributed by atoms with van der Waals surface area (Å²) in [6, 6.07) is 1.63. The summed E-state index contributed by atoms with van der Waals surface area (Å²) >= 11 is 4.50. The average Bonchev–Trinajstić information content (AvgIpc) is 2.87. The average molecular weight is 366 g/mol. The molecule has 0 bridgehead atoms. The molecule has 0 aliphatic heterocycles. The lowest BCUT2D eigenvalue weighted by Gasteiger charge is -2.02. The minimum Gasteiger partial charge on any atom is -0.339 e. The third-order valence-electron chi connectivity index (χ3n) is 2.30. The summed E-state index contributed by atoms with van der Waals surface area (Å²) < 4.78 is 32.5. The maximum absolute atomic E-state index is 12.0. The van der Waals surface area contributed by atoms with E-state index < -0.39 is 10.0 Å². The van der Waals surface area contributed by atoms with Crippen LogP contribution in [0.3, 0.4) is 0 Å². The molecule has 0 saturated carbocycles. The Bertz CT molecular complexity index is 659. The van der Waals surface area contributed by atoms with Crippen LogP contribution in [0.15, 0.2) is 18.6 Å². The molecule has 0 fully saturated rings. The van der Waals surface area contributed by atoms with E-state index in [-0.39, 0.29) is 6.54 Å². The van der Waals surface area contributed by atoms with Crippen molar-refractivity contribution < 1.29 is 12.9 Å². The van der Waals surface area contributed by atoms with Crippen molar-refractivity contribution in [2.75, 3.05) is 6.54 Å². The van der Waals surface area contributed by atoms with Crippen molar-refractivity contribution in [1.82, 2.24) is 14.9 Å². The molecule has 0 amide bonds. The highest BCUT2D eigenvalue weighted by Gasteiger charge is 2.18. The molecule has 0 atom stereocenters. The maximum Gasteiger partial charge on any atom is 0.250 e. The molecule has 9 heteroatoms. The van der Waals surface area contributed by atoms with Crippen LogP contribution in [-0.4, -0.2) is 25.1 Å². The summed E-state index contributed by atoms with van der Waals surface area (Å²) in [6.07, 6.45) is 0.367. The van der Waals surface area contributed by atoms with Gasteiger partial charge < -0.3 is 4.52 Å². The second kappa shape index (κ2) is 5.70. The van der Waals surface area contributed by atoms with Crippen molar-refractivity contribution >= 4 is 37.3 Å². The first-order chi connectivity index (χ1) is 8.88. The topological polar surface area (TPSA) is 85.1 Å². The van der Waals surface area contributed by atoms with Crippen LogP contribution in [0.4, 0.5) is 0 Å². The van der Waals surface area contributed by atoms with Crippen LogP contribution in [0.5, 0.6) is 0 Å². The van der Waals surface area contributed by atoms with Crippen molar-refractivity contribution in [3.05, 3.63) is 27.1 Å². The molecule has 19 heavy (non-hydrogen) atoms. The van der Waals surface area contributed by atoms with E-state index in [0.29, 0.717) is 22.3 Å². The van der Waals surface area contributed by atoms with E-state index in [4.69, 9.17) is 4.52 Å². The van der Waals surface area contributed by atoms with Crippen molar-refractivity contribution in [2.24, 2.45) is 0 Å². The quantitative estimate of drug-likeness (QED) is 0.875. The Labute approximate surface area is 123 Å². The standard InChI is InChI=1S/C10H12BrN3O3S2/c1-6-5-9(18-10(6)11)19(15,16)12-4-3-8-13-7(2)14-17-8/h5,12H,3-4H2,1-2H3. The lowest BCUT2D eigenvalue weighted by Crippen LogP contribution is -2.25. The number of aryl methyl sites for hydroxylation is 2. The minimum absolute atomic E-state index is 0.221. The Balaban J connectivity index is 1.98. The van der Waals surface area contributed by atoms with Crippen LogP contribution in [0, 0.1) is 13.8 Å². The van der Waals surface area contributed by atoms with E-state index >= 15 is 0 Å². The van der Waals surface area contributed by atoms with Crippen molar-refractivity contribution in [1.29, 1.82) is 0 Å². The highest BCUT2D eigenvalue weighted by molar-refractivity contribution is 9.11. The maximum atomic E-state index is 12.0. The number of sulfonamides is 1. The third-order valence-corrected chi connectivity index (χ3v) is 6.37. The van der Waals surface area contributed by atoms with Crippen LogP contribution in [-0.2, 0) is 16.4 Å². The lowest BCUT2D eigenvalue weighted by atomic mass is 10.4. The molecule has 0 unspecified atom stereocenters. The summed E-state index contributed by atoms with van der Waals surface area (Å²) in [7, 11) is -3.48. The molecule has 1 N–H and O–H groups in total. The Morgan fingerprint density at radius 3 is 2.74 bits per heavy atom. The van der Waals surface area contributed by atoms with Gasteiger partial charge in [-0.25, -0.2) is 13.1 Å². The molecule has 2 rings (SSSR count). The molecule has 0 aromatic carbocycles. The van der Waals surface area contributed by atoms with Gasteiger partial charge in [0.15, 0.2) is 5.82 Å². The summed E-state index contributed by atoms with van der Waals surface area (Å²) in [4.78, 5) is 4.00. The van der Waals surface area contributed by atoms with Gasteiger partial charge in [-0.05, 0) is 41.4 Å². The second-order valence-corrected chi connectivity index (χ2v) is 8.27. The van der Waals surface area contributed by atoms with Crippen molar-refractivity contribution in [2.45, 2.75) is 24.5 Å². The molecule has 0 saturated heterocycles. The predicted molar refractivity (Wildman–Crippen MR) is 74.7 cm³/mol. The SMILES string of the molecule is Cc1noc(CCNS(=O)(=O)c2cc(C)c(Br)s2)n1. The molecule has 2 aromatic rings. The zero-order valence-electron chi connectivity index (χ0n) is 10.3. The molecular weight excluding hydrogens is 354 g/mol. The van der Waals surface area contributed by atoms with Gasteiger partial charge in [-0.3, -0.25) is 0 Å². The van der Waals surface area contributed by atoms with Gasteiger partial charge in [0.2, 0.25) is 15.9 Å². The van der Waals surface area contributed by atoms with Crippen LogP contribution >= 0.6 is 27.3 Å². The zero-order valence-corrected chi connectivity index (χ0v) is 13.5. The van der Waals surface area contributed by atoms with E-state index in [9.17, 15) is 8.42 Å². The number of halogens is 1. The molecule has 0 aliphatic carbocycles. The van der Waals surface area contributed by atoms with E-state index in [1.807, 2.05) is 6.92 Å². The summed E-state index contributed by atoms with van der Waals surface area (Å²) in [5, 5.41) is 3.64. The van der Waals surface area contributed by atoms with Crippen molar-refractivity contribution in [3.8, 4) is 0 Å². The molecule has 2 heterocycles. The fourth-order valence-electron chi connectivity index (χ4n) is 1.37. The largest absolute Gasteiger partial charge is 0.339 e. The number of nitrogens with zero attached hydrogens (tertiary/aromatic N) is 2. The highest BCUT2D eigenvalue weighted by Crippen LogP contribution is 2.30. The van der Waals surface area contributed by atoms with E-state index in [1.165, 1.54) is 11.3 Å². The molecule has 6 nitrogen and oxygen atoms in total. The molecule has 0 aliphatic rings. The highest BCUT2D eigenvalue weighted by atomic mass is 79.9. The van der Waals surface area contributed by atoms with Gasteiger partial charge >= 0.3 is 0 Å². The normalized spacial score (nSPS) is 11.9. The first-order valence-electron chi connectivity index (χ1n) is 5.43. The number of aromatic nitrogens is 2. The van der Waals surface area contributed by atoms with E-state index in [2.05, 4.69) is 30.8 Å². The Morgan fingerprint density at radius 2 is 2.21 bits per heavy atom. The molecule has 0 radical (unpaired) electrons. The van der Waals surface area contributed by atoms with Gasteiger partial charge in [0.05, 0.1) is 3.79 Å². The smallest absolute Gasteiger partial charge is 0.250 e. The third kappa shape index (κ3) is 3.62. The van der Waals surface area contributed by atoms with Gasteiger partial charge in [0.25, 0.3) is 0 Å².